The van der Waals surface area contributed by atoms with E-state index in [1.807, 2.05) is 36.4 Å². The molecule has 3 aromatic carbocycles. The van der Waals surface area contributed by atoms with E-state index in [-0.39, 0.29) is 0 Å². The Kier molecular flexibility index (Phi) is 2.90. The van der Waals surface area contributed by atoms with Crippen LogP contribution in [0.5, 0.6) is 0 Å². The fraction of sp³-hybridized carbons (Fsp3) is 0. The summed E-state index contributed by atoms with van der Waals surface area (Å²) in [6, 6.07) is 24.5. The summed E-state index contributed by atoms with van der Waals surface area (Å²) in [6.07, 6.45) is 0. The van der Waals surface area contributed by atoms with Gasteiger partial charge in [0.1, 0.15) is 5.82 Å². The van der Waals surface area contributed by atoms with Crippen LogP contribution in [-0.2, 0) is 0 Å². The van der Waals surface area contributed by atoms with Gasteiger partial charge in [0.25, 0.3) is 0 Å². The number of nitrogens with one attached hydrogen (secondary N) is 1. The topological polar surface area (TPSA) is 54.7 Å². The molecule has 0 aliphatic carbocycles. The molecule has 3 nitrogen and oxygen atoms in total. The molecule has 0 spiro atoms. The SMILES string of the molecule is Nc1ccc2[nH]c(-c3ccc(-c4ccccc4)cc3)nc2c1. The maximum Gasteiger partial charge on any atom is 0.138 e. The van der Waals surface area contributed by atoms with Crippen LogP contribution in [0.2, 0.25) is 0 Å². The highest BCUT2D eigenvalue weighted by Crippen LogP contribution is 2.25. The number of nitrogens with zero attached hydrogens (tertiary/aromatic N) is 1. The zero-order chi connectivity index (χ0) is 14.9. The number of aromatic nitrogens is 2. The molecule has 0 aliphatic heterocycles. The largest absolute Gasteiger partial charge is 0.399 e. The Hall–Kier alpha value is -3.07. The highest BCUT2D eigenvalue weighted by atomic mass is 14.9. The van der Waals surface area contributed by atoms with Gasteiger partial charge < -0.3 is 10.7 Å². The molecule has 1 heterocycles. The molecule has 0 unspecified atom stereocenters. The maximum atomic E-state index is 5.80. The van der Waals surface area contributed by atoms with Gasteiger partial charge in [0.15, 0.2) is 0 Å². The first kappa shape index (κ1) is 12.7. The summed E-state index contributed by atoms with van der Waals surface area (Å²) >= 11 is 0. The molecule has 106 valence electrons. The molecular formula is C19H15N3. The van der Waals surface area contributed by atoms with E-state index >= 15 is 0 Å². The van der Waals surface area contributed by atoms with Crippen LogP contribution in [0.1, 0.15) is 0 Å². The quantitative estimate of drug-likeness (QED) is 0.533. The number of nitrogens with two attached hydrogens (primary N) is 1. The summed E-state index contributed by atoms with van der Waals surface area (Å²) in [4.78, 5) is 7.94. The van der Waals surface area contributed by atoms with Crippen LogP contribution in [0.3, 0.4) is 0 Å². The van der Waals surface area contributed by atoms with E-state index in [0.717, 1.165) is 28.1 Å². The van der Waals surface area contributed by atoms with Crippen LogP contribution < -0.4 is 5.73 Å². The van der Waals surface area contributed by atoms with E-state index < -0.39 is 0 Å². The number of rotatable bonds is 2. The van der Waals surface area contributed by atoms with Crippen LogP contribution >= 0.6 is 0 Å². The van der Waals surface area contributed by atoms with E-state index in [9.17, 15) is 0 Å². The average molecular weight is 285 g/mol. The monoisotopic (exact) mass is 285 g/mol. The summed E-state index contributed by atoms with van der Waals surface area (Å²) in [5, 5.41) is 0. The molecule has 1 aromatic heterocycles. The zero-order valence-electron chi connectivity index (χ0n) is 12.0. The Morgan fingerprint density at radius 2 is 1.41 bits per heavy atom. The van der Waals surface area contributed by atoms with E-state index in [1.54, 1.807) is 0 Å². The number of benzene rings is 3. The predicted octanol–water partition coefficient (Wildman–Crippen LogP) is 4.48. The van der Waals surface area contributed by atoms with Crippen molar-refractivity contribution in [1.29, 1.82) is 0 Å². The van der Waals surface area contributed by atoms with Gasteiger partial charge in [-0.3, -0.25) is 0 Å². The Bertz CT molecular complexity index is 922. The number of imidazole rings is 1. The maximum absolute atomic E-state index is 5.80. The number of hydrogen-bond acceptors (Lipinski definition) is 2. The zero-order valence-corrected chi connectivity index (χ0v) is 12.0. The number of anilines is 1. The Labute approximate surface area is 128 Å². The standard InChI is InChI=1S/C19H15N3/c20-16-10-11-17-18(12-16)22-19(21-17)15-8-6-14(7-9-15)13-4-2-1-3-5-13/h1-12H,20H2,(H,21,22). The second kappa shape index (κ2) is 5.04. The number of H-pyrrole nitrogens is 1. The molecule has 0 bridgehead atoms. The first-order valence-corrected chi connectivity index (χ1v) is 7.21. The number of hydrogen-bond donors (Lipinski definition) is 2. The van der Waals surface area contributed by atoms with Crippen molar-refractivity contribution in [3.63, 3.8) is 0 Å². The molecular weight excluding hydrogens is 270 g/mol. The minimum atomic E-state index is 0.727. The van der Waals surface area contributed by atoms with Gasteiger partial charge in [0.05, 0.1) is 11.0 Å². The minimum Gasteiger partial charge on any atom is -0.399 e. The van der Waals surface area contributed by atoms with Crippen LogP contribution in [0.25, 0.3) is 33.5 Å². The lowest BCUT2D eigenvalue weighted by Gasteiger charge is -2.02. The van der Waals surface area contributed by atoms with Gasteiger partial charge in [-0.15, -0.1) is 0 Å². The van der Waals surface area contributed by atoms with Gasteiger partial charge in [-0.2, -0.15) is 0 Å². The minimum absolute atomic E-state index is 0.727. The van der Waals surface area contributed by atoms with Crippen LogP contribution in [-0.4, -0.2) is 9.97 Å². The third-order valence-corrected chi connectivity index (χ3v) is 3.77. The van der Waals surface area contributed by atoms with Gasteiger partial charge in [-0.05, 0) is 29.3 Å². The third-order valence-electron chi connectivity index (χ3n) is 3.77. The lowest BCUT2D eigenvalue weighted by molar-refractivity contribution is 1.34. The van der Waals surface area contributed by atoms with Gasteiger partial charge in [0.2, 0.25) is 0 Å². The fourth-order valence-electron chi connectivity index (χ4n) is 2.61. The highest BCUT2D eigenvalue weighted by Gasteiger charge is 2.06. The molecule has 0 fully saturated rings. The van der Waals surface area contributed by atoms with Crippen molar-refractivity contribution in [2.75, 3.05) is 5.73 Å². The summed E-state index contributed by atoms with van der Waals surface area (Å²) in [5.74, 6) is 0.861. The molecule has 22 heavy (non-hydrogen) atoms. The highest BCUT2D eigenvalue weighted by molar-refractivity contribution is 5.82. The molecule has 0 saturated heterocycles. The average Bonchev–Trinajstić information content (AvgIpc) is 2.99. The smallest absolute Gasteiger partial charge is 0.138 e. The van der Waals surface area contributed by atoms with Crippen LogP contribution in [0.15, 0.2) is 72.8 Å². The van der Waals surface area contributed by atoms with E-state index in [4.69, 9.17) is 5.73 Å². The molecule has 4 rings (SSSR count). The van der Waals surface area contributed by atoms with Crippen molar-refractivity contribution >= 4 is 16.7 Å². The molecule has 0 amide bonds. The van der Waals surface area contributed by atoms with Gasteiger partial charge >= 0.3 is 0 Å². The van der Waals surface area contributed by atoms with Crippen molar-refractivity contribution < 1.29 is 0 Å². The Balaban J connectivity index is 1.73. The van der Waals surface area contributed by atoms with Crippen LogP contribution in [0, 0.1) is 0 Å². The van der Waals surface area contributed by atoms with Crippen molar-refractivity contribution in [2.45, 2.75) is 0 Å². The number of fused-ring (bicyclic) bond motifs is 1. The van der Waals surface area contributed by atoms with E-state index in [2.05, 4.69) is 46.4 Å². The second-order valence-corrected chi connectivity index (χ2v) is 5.31. The summed E-state index contributed by atoms with van der Waals surface area (Å²) in [6.45, 7) is 0. The molecule has 3 heteroatoms. The molecule has 0 aliphatic rings. The molecule has 0 atom stereocenters. The first-order chi connectivity index (χ1) is 10.8. The van der Waals surface area contributed by atoms with Crippen molar-refractivity contribution in [3.8, 4) is 22.5 Å². The number of nitrogen functional groups attached to an aromatic ring is 1. The predicted molar refractivity (Wildman–Crippen MR) is 91.4 cm³/mol. The number of aromatic amines is 1. The molecule has 0 radical (unpaired) electrons. The van der Waals surface area contributed by atoms with Gasteiger partial charge in [0, 0.05) is 11.3 Å². The van der Waals surface area contributed by atoms with Gasteiger partial charge in [-0.1, -0.05) is 54.6 Å². The fourth-order valence-corrected chi connectivity index (χ4v) is 2.61. The second-order valence-electron chi connectivity index (χ2n) is 5.31. The van der Waals surface area contributed by atoms with Crippen molar-refractivity contribution in [3.05, 3.63) is 72.8 Å². The van der Waals surface area contributed by atoms with Crippen molar-refractivity contribution in [2.24, 2.45) is 0 Å². The lowest BCUT2D eigenvalue weighted by atomic mass is 10.0. The normalized spacial score (nSPS) is 10.9. The summed E-state index contributed by atoms with van der Waals surface area (Å²) in [7, 11) is 0. The summed E-state index contributed by atoms with van der Waals surface area (Å²) in [5.41, 5.74) is 11.9. The Morgan fingerprint density at radius 3 is 2.18 bits per heavy atom. The van der Waals surface area contributed by atoms with Crippen molar-refractivity contribution in [1.82, 2.24) is 9.97 Å². The molecule has 3 N–H and O–H groups in total. The first-order valence-electron chi connectivity index (χ1n) is 7.21. The van der Waals surface area contributed by atoms with Crippen LogP contribution in [0.4, 0.5) is 5.69 Å². The van der Waals surface area contributed by atoms with E-state index in [0.29, 0.717) is 0 Å². The Morgan fingerprint density at radius 1 is 0.727 bits per heavy atom. The van der Waals surface area contributed by atoms with Gasteiger partial charge in [-0.25, -0.2) is 4.98 Å². The third kappa shape index (κ3) is 2.23. The lowest BCUT2D eigenvalue weighted by Crippen LogP contribution is -1.82. The summed E-state index contributed by atoms with van der Waals surface area (Å²) < 4.78 is 0. The molecule has 4 aromatic rings. The molecule has 0 saturated carbocycles. The van der Waals surface area contributed by atoms with E-state index in [1.165, 1.54) is 11.1 Å².